The molecule has 7 rings (SSSR count). The van der Waals surface area contributed by atoms with Crippen LogP contribution in [0.25, 0.3) is 0 Å². The first-order valence-corrected chi connectivity index (χ1v) is 15.8. The van der Waals surface area contributed by atoms with E-state index in [4.69, 9.17) is 16.3 Å². The predicted molar refractivity (Wildman–Crippen MR) is 153 cm³/mol. The molecular weight excluding hydrogens is 577 g/mol. The summed E-state index contributed by atoms with van der Waals surface area (Å²) in [6, 6.07) is 0.522. The van der Waals surface area contributed by atoms with Crippen molar-refractivity contribution < 1.29 is 28.6 Å². The summed E-state index contributed by atoms with van der Waals surface area (Å²) in [7, 11) is 0. The van der Waals surface area contributed by atoms with Gasteiger partial charge in [-0.05, 0) is 75.3 Å². The lowest BCUT2D eigenvalue weighted by Crippen LogP contribution is -2.50. The van der Waals surface area contributed by atoms with Gasteiger partial charge in [-0.25, -0.2) is 9.07 Å². The monoisotopic (exact) mass is 613 g/mol. The van der Waals surface area contributed by atoms with Gasteiger partial charge in [0.15, 0.2) is 11.6 Å². The fourth-order valence-corrected chi connectivity index (χ4v) is 8.22. The van der Waals surface area contributed by atoms with Crippen LogP contribution in [0.3, 0.4) is 0 Å². The zero-order valence-electron chi connectivity index (χ0n) is 24.4. The molecule has 3 atom stereocenters. The van der Waals surface area contributed by atoms with Crippen LogP contribution in [0.15, 0.2) is 6.07 Å². The predicted octanol–water partition coefficient (Wildman–Crippen LogP) is 4.32. The van der Waals surface area contributed by atoms with Gasteiger partial charge in [0, 0.05) is 43.2 Å². The Morgan fingerprint density at radius 1 is 1.19 bits per heavy atom. The normalized spacial score (nSPS) is 27.4. The van der Waals surface area contributed by atoms with E-state index in [0.717, 1.165) is 44.3 Å². The van der Waals surface area contributed by atoms with Crippen LogP contribution in [0.4, 0.5) is 4.39 Å². The molecule has 43 heavy (non-hydrogen) atoms. The third kappa shape index (κ3) is 4.78. The zero-order chi connectivity index (χ0) is 30.1. The van der Waals surface area contributed by atoms with Crippen LogP contribution in [0, 0.1) is 22.6 Å². The lowest BCUT2D eigenvalue weighted by atomic mass is 9.78. The van der Waals surface area contributed by atoms with Gasteiger partial charge < -0.3 is 19.6 Å². The number of benzene rings is 1. The van der Waals surface area contributed by atoms with E-state index in [1.54, 1.807) is 16.7 Å². The summed E-state index contributed by atoms with van der Waals surface area (Å²) >= 11 is 6.64. The van der Waals surface area contributed by atoms with Gasteiger partial charge in [0.25, 0.3) is 0 Å². The van der Waals surface area contributed by atoms with Crippen LogP contribution in [0.5, 0.6) is 5.75 Å². The lowest BCUT2D eigenvalue weighted by molar-refractivity contribution is -0.157. The Balaban J connectivity index is 1.27. The number of rotatable bonds is 7. The number of halogens is 2. The van der Waals surface area contributed by atoms with Gasteiger partial charge in [0.1, 0.15) is 12.3 Å². The van der Waals surface area contributed by atoms with Crippen LogP contribution < -0.4 is 4.74 Å². The van der Waals surface area contributed by atoms with Crippen molar-refractivity contribution in [3.05, 3.63) is 39.4 Å². The second-order valence-corrected chi connectivity index (χ2v) is 13.8. The Bertz CT molecular complexity index is 1510. The molecular formula is C31H37ClFN5O5. The van der Waals surface area contributed by atoms with Crippen molar-refractivity contribution in [3.8, 4) is 5.75 Å². The fraction of sp³-hybridized carbons (Fsp3) is 0.645. The van der Waals surface area contributed by atoms with Crippen molar-refractivity contribution in [2.45, 2.75) is 90.3 Å². The maximum atomic E-state index is 15.8. The van der Waals surface area contributed by atoms with E-state index in [2.05, 4.69) is 10.3 Å². The van der Waals surface area contributed by atoms with E-state index in [1.807, 2.05) is 4.68 Å². The molecule has 0 radical (unpaired) electrons. The van der Waals surface area contributed by atoms with E-state index in [0.29, 0.717) is 62.0 Å². The number of ether oxygens (including phenoxy) is 1. The van der Waals surface area contributed by atoms with Crippen LogP contribution in [0.2, 0.25) is 5.02 Å². The summed E-state index contributed by atoms with van der Waals surface area (Å²) in [6.07, 6.45) is 7.22. The number of fused-ring (bicyclic) bond motifs is 2. The number of carbonyl (C=O) groups is 3. The van der Waals surface area contributed by atoms with Gasteiger partial charge in [-0.3, -0.25) is 14.4 Å². The first-order chi connectivity index (χ1) is 20.6. The minimum Gasteiger partial charge on any atom is -0.484 e. The Morgan fingerprint density at radius 3 is 2.74 bits per heavy atom. The number of hydrogen-bond donors (Lipinski definition) is 1. The Morgan fingerprint density at radius 2 is 2.00 bits per heavy atom. The van der Waals surface area contributed by atoms with Crippen LogP contribution in [0.1, 0.15) is 86.8 Å². The molecule has 0 bridgehead atoms. The minimum atomic E-state index is -1.18. The molecule has 10 nitrogen and oxygen atoms in total. The molecule has 3 aliphatic heterocycles. The third-order valence-corrected chi connectivity index (χ3v) is 11.1. The fourth-order valence-electron chi connectivity index (χ4n) is 7.92. The second kappa shape index (κ2) is 10.5. The Hall–Kier alpha value is -3.21. The number of aryl methyl sites for hydroxylation is 1. The lowest BCUT2D eigenvalue weighted by Gasteiger charge is -2.42. The molecule has 12 heteroatoms. The Kier molecular flexibility index (Phi) is 6.94. The number of aliphatic carboxylic acids is 1. The molecule has 2 aromatic rings. The molecule has 1 aromatic heterocycles. The summed E-state index contributed by atoms with van der Waals surface area (Å²) in [5, 5.41) is 18.9. The maximum Gasteiger partial charge on any atom is 0.310 e. The van der Waals surface area contributed by atoms with Gasteiger partial charge in [-0.15, -0.1) is 5.10 Å². The number of likely N-dealkylation sites (tertiary alicyclic amines) is 1. The van der Waals surface area contributed by atoms with Gasteiger partial charge in [-0.2, -0.15) is 0 Å². The molecule has 2 aliphatic carbocycles. The highest BCUT2D eigenvalue weighted by Crippen LogP contribution is 2.54. The number of hydrogen-bond acceptors (Lipinski definition) is 6. The van der Waals surface area contributed by atoms with Gasteiger partial charge >= 0.3 is 5.97 Å². The number of carboxylic acids is 1. The van der Waals surface area contributed by atoms with Crippen molar-refractivity contribution in [2.75, 3.05) is 19.6 Å². The topological polar surface area (TPSA) is 118 Å². The standard InChI is InChI=1S/C31H37ClFN5O5/c1-30(29(41)42)8-4-5-19(30)28(40)37-12-7-18-20(32)13-21(33)27(43-16-22-23-6-2-3-11-38(23)35-34-22)26(18)24(37)15-36-17-31(9-10-31)14-25(36)39/h13,19,24H,2-12,14-17H2,1H3,(H,41,42)/t19-,24+,30-/m0/s1. The summed E-state index contributed by atoms with van der Waals surface area (Å²) in [6.45, 7) is 3.50. The second-order valence-electron chi connectivity index (χ2n) is 13.4. The highest BCUT2D eigenvalue weighted by atomic mass is 35.5. The summed E-state index contributed by atoms with van der Waals surface area (Å²) in [5.41, 5.74) is 1.60. The van der Waals surface area contributed by atoms with Crippen molar-refractivity contribution in [2.24, 2.45) is 16.7 Å². The third-order valence-electron chi connectivity index (χ3n) is 10.7. The minimum absolute atomic E-state index is 0.000316. The van der Waals surface area contributed by atoms with Crippen molar-refractivity contribution in [1.29, 1.82) is 0 Å². The average molecular weight is 614 g/mol. The summed E-state index contributed by atoms with van der Waals surface area (Å²) in [4.78, 5) is 43.2. The number of nitrogens with zero attached hydrogens (tertiary/aromatic N) is 5. The van der Waals surface area contributed by atoms with Crippen molar-refractivity contribution >= 4 is 29.4 Å². The van der Waals surface area contributed by atoms with E-state index in [-0.39, 0.29) is 41.2 Å². The van der Waals surface area contributed by atoms with E-state index in [9.17, 15) is 19.5 Å². The number of aromatic nitrogens is 3. The van der Waals surface area contributed by atoms with Gasteiger partial charge in [0.2, 0.25) is 11.8 Å². The molecule has 0 unspecified atom stereocenters. The van der Waals surface area contributed by atoms with E-state index < -0.39 is 29.2 Å². The highest BCUT2D eigenvalue weighted by molar-refractivity contribution is 6.31. The van der Waals surface area contributed by atoms with Crippen LogP contribution >= 0.6 is 11.6 Å². The molecule has 1 N–H and O–H groups in total. The first-order valence-electron chi connectivity index (χ1n) is 15.5. The molecule has 4 heterocycles. The van der Waals surface area contributed by atoms with E-state index in [1.165, 1.54) is 6.07 Å². The zero-order valence-corrected chi connectivity index (χ0v) is 25.2. The Labute approximate surface area is 254 Å². The SMILES string of the molecule is C[C@]1(C(=O)O)CCC[C@H]1C(=O)N1CCc2c(Cl)cc(F)c(OCc3nnn4c3CCCC4)c2[C@H]1CN1CC2(CC2)CC1=O. The number of carboxylic acid groups (broad SMARTS) is 1. The first kappa shape index (κ1) is 28.6. The molecule has 230 valence electrons. The van der Waals surface area contributed by atoms with Gasteiger partial charge in [-0.1, -0.05) is 23.2 Å². The average Bonchev–Trinajstić information content (AvgIpc) is 3.27. The van der Waals surface area contributed by atoms with Crippen molar-refractivity contribution in [1.82, 2.24) is 24.8 Å². The van der Waals surface area contributed by atoms with Crippen LogP contribution in [-0.4, -0.2) is 67.3 Å². The number of amides is 2. The maximum absolute atomic E-state index is 15.8. The van der Waals surface area contributed by atoms with Gasteiger partial charge in [0.05, 0.1) is 23.1 Å². The van der Waals surface area contributed by atoms with Crippen molar-refractivity contribution in [3.63, 3.8) is 0 Å². The largest absolute Gasteiger partial charge is 0.484 e. The molecule has 2 amide bonds. The molecule has 1 aromatic carbocycles. The molecule has 1 saturated heterocycles. The summed E-state index contributed by atoms with van der Waals surface area (Å²) < 4.78 is 23.9. The number of carbonyl (C=O) groups excluding carboxylic acids is 2. The van der Waals surface area contributed by atoms with Crippen LogP contribution in [-0.2, 0) is 40.4 Å². The molecule has 1 spiro atoms. The highest BCUT2D eigenvalue weighted by Gasteiger charge is 2.54. The smallest absolute Gasteiger partial charge is 0.310 e. The molecule has 2 saturated carbocycles. The van der Waals surface area contributed by atoms with E-state index >= 15 is 4.39 Å². The molecule has 5 aliphatic rings. The molecule has 3 fully saturated rings. The summed E-state index contributed by atoms with van der Waals surface area (Å²) in [5.74, 6) is -2.60. The quantitative estimate of drug-likeness (QED) is 0.494.